The third-order valence-corrected chi connectivity index (χ3v) is 7.31. The van der Waals surface area contributed by atoms with E-state index in [-0.39, 0.29) is 18.0 Å². The number of nitrogens with zero attached hydrogens (tertiary/aromatic N) is 2. The molecule has 1 aromatic rings. The lowest BCUT2D eigenvalue weighted by Gasteiger charge is -2.42. The van der Waals surface area contributed by atoms with Crippen molar-refractivity contribution in [2.24, 2.45) is 0 Å². The van der Waals surface area contributed by atoms with Crippen LogP contribution < -0.4 is 0 Å². The van der Waals surface area contributed by atoms with Gasteiger partial charge in [-0.05, 0) is 88.3 Å². The molecule has 2 aliphatic rings. The van der Waals surface area contributed by atoms with Crippen LogP contribution in [-0.2, 0) is 4.74 Å². The average molecular weight is 547 g/mol. The largest absolute Gasteiger partial charge is 0.444 e. The first kappa shape index (κ1) is 31.2. The number of amides is 1. The first-order valence-corrected chi connectivity index (χ1v) is 14.6. The predicted molar refractivity (Wildman–Crippen MR) is 165 cm³/mol. The van der Waals surface area contributed by atoms with E-state index in [1.54, 1.807) is 12.1 Å². The molecule has 1 heterocycles. The van der Waals surface area contributed by atoms with Crippen molar-refractivity contribution in [3.8, 4) is 0 Å². The maximum absolute atomic E-state index is 14.1. The van der Waals surface area contributed by atoms with Gasteiger partial charge in [-0.1, -0.05) is 74.9 Å². The second-order valence-corrected chi connectivity index (χ2v) is 11.8. The van der Waals surface area contributed by atoms with Crippen LogP contribution in [0.25, 0.3) is 5.57 Å². The van der Waals surface area contributed by atoms with Crippen molar-refractivity contribution in [2.45, 2.75) is 85.3 Å². The molecule has 0 bridgehead atoms. The number of allylic oxidation sites excluding steroid dienone is 11. The van der Waals surface area contributed by atoms with Crippen molar-refractivity contribution in [3.63, 3.8) is 0 Å². The summed E-state index contributed by atoms with van der Waals surface area (Å²) < 4.78 is 19.8. The summed E-state index contributed by atoms with van der Waals surface area (Å²) in [4.78, 5) is 17.0. The maximum atomic E-state index is 14.1. The summed E-state index contributed by atoms with van der Waals surface area (Å²) in [5.74, 6) is -0.236. The molecule has 216 valence electrons. The molecule has 0 unspecified atom stereocenters. The van der Waals surface area contributed by atoms with Gasteiger partial charge in [-0.25, -0.2) is 9.18 Å². The Morgan fingerprint density at radius 1 is 1.20 bits per heavy atom. The number of carbonyl (C=O) groups is 1. The summed E-state index contributed by atoms with van der Waals surface area (Å²) in [7, 11) is 0. The van der Waals surface area contributed by atoms with Gasteiger partial charge in [0.1, 0.15) is 11.4 Å². The van der Waals surface area contributed by atoms with Crippen LogP contribution in [0.1, 0.15) is 79.2 Å². The van der Waals surface area contributed by atoms with E-state index in [0.717, 1.165) is 35.2 Å². The zero-order valence-corrected chi connectivity index (χ0v) is 25.3. The zero-order valence-electron chi connectivity index (χ0n) is 25.3. The zero-order chi connectivity index (χ0) is 29.3. The fourth-order valence-corrected chi connectivity index (χ4v) is 5.38. The predicted octanol–water partition coefficient (Wildman–Crippen LogP) is 9.00. The van der Waals surface area contributed by atoms with Gasteiger partial charge in [0.2, 0.25) is 0 Å². The van der Waals surface area contributed by atoms with Crippen molar-refractivity contribution < 1.29 is 13.9 Å². The number of hydrogen-bond donors (Lipinski definition) is 0. The van der Waals surface area contributed by atoms with Crippen molar-refractivity contribution in [2.75, 3.05) is 19.6 Å². The van der Waals surface area contributed by atoms with E-state index in [9.17, 15) is 9.18 Å². The van der Waals surface area contributed by atoms with Crippen LogP contribution in [0.5, 0.6) is 0 Å². The van der Waals surface area contributed by atoms with Gasteiger partial charge in [-0.3, -0.25) is 0 Å². The standard InChI is InChI=1S/C35H47FN2O2/c1-8-10-11-12-13-16-28-19-20-30(29-17-14-18-32(36)24-29)23-31(15-9-2)33(28)27(4)38-22-21-37(25-26(38)3)34(39)40-35(5,6)7/h9,13-20,24,26H,2,8,10-12,21-23,25H2,1,3-7H3/b16-13+,31-15-,33-27+/t26-/m0/s1. The smallest absolute Gasteiger partial charge is 0.410 e. The summed E-state index contributed by atoms with van der Waals surface area (Å²) in [5.41, 5.74) is 6.05. The number of benzene rings is 1. The molecule has 5 heteroatoms. The molecule has 4 nitrogen and oxygen atoms in total. The molecule has 1 aliphatic carbocycles. The minimum absolute atomic E-state index is 0.118. The Hall–Kier alpha value is -3.34. The molecular formula is C35H47FN2O2. The van der Waals surface area contributed by atoms with Gasteiger partial charge in [0.15, 0.2) is 0 Å². The van der Waals surface area contributed by atoms with E-state index < -0.39 is 5.60 Å². The summed E-state index contributed by atoms with van der Waals surface area (Å²) >= 11 is 0. The van der Waals surface area contributed by atoms with Crippen LogP contribution in [-0.4, -0.2) is 47.2 Å². The number of ether oxygens (including phenoxy) is 1. The van der Waals surface area contributed by atoms with Gasteiger partial charge in [0.25, 0.3) is 0 Å². The van der Waals surface area contributed by atoms with Gasteiger partial charge < -0.3 is 14.5 Å². The molecule has 1 amide bonds. The van der Waals surface area contributed by atoms with Crippen LogP contribution >= 0.6 is 0 Å². The van der Waals surface area contributed by atoms with Crippen molar-refractivity contribution >= 4 is 11.7 Å². The van der Waals surface area contributed by atoms with Gasteiger partial charge in [0.05, 0.1) is 0 Å². The molecule has 0 aromatic heterocycles. The lowest BCUT2D eigenvalue weighted by Crippen LogP contribution is -2.53. The Morgan fingerprint density at radius 2 is 1.98 bits per heavy atom. The van der Waals surface area contributed by atoms with E-state index in [2.05, 4.69) is 62.6 Å². The molecule has 1 aromatic carbocycles. The van der Waals surface area contributed by atoms with Crippen molar-refractivity contribution in [3.05, 3.63) is 101 Å². The quantitative estimate of drug-likeness (QED) is 0.305. The molecular weight excluding hydrogens is 499 g/mol. The molecule has 1 fully saturated rings. The first-order chi connectivity index (χ1) is 19.0. The van der Waals surface area contributed by atoms with E-state index in [4.69, 9.17) is 4.74 Å². The highest BCUT2D eigenvalue weighted by Crippen LogP contribution is 2.37. The Labute approximate surface area is 241 Å². The second kappa shape index (κ2) is 14.3. The lowest BCUT2D eigenvalue weighted by molar-refractivity contribution is 0.0101. The highest BCUT2D eigenvalue weighted by Gasteiger charge is 2.31. The second-order valence-electron chi connectivity index (χ2n) is 11.8. The molecule has 0 radical (unpaired) electrons. The van der Waals surface area contributed by atoms with Crippen LogP contribution in [0, 0.1) is 5.82 Å². The van der Waals surface area contributed by atoms with Crippen LogP contribution in [0.3, 0.4) is 0 Å². The van der Waals surface area contributed by atoms with Gasteiger partial charge in [0, 0.05) is 36.9 Å². The van der Waals surface area contributed by atoms with Crippen molar-refractivity contribution in [1.82, 2.24) is 9.80 Å². The number of unbranched alkanes of at least 4 members (excludes halogenated alkanes) is 3. The highest BCUT2D eigenvalue weighted by molar-refractivity contribution is 5.75. The SMILES string of the molecule is C=C/C=C1/CC(c2cccc(F)c2)=CC=C(/C=C/CCCCC)/C1=C(/C)N1CCN(C(=O)OC(C)(C)C)C[C@@H]1C. The number of halogens is 1. The Bertz CT molecular complexity index is 1210. The minimum Gasteiger partial charge on any atom is -0.444 e. The molecule has 40 heavy (non-hydrogen) atoms. The van der Waals surface area contributed by atoms with Crippen LogP contribution in [0.2, 0.25) is 0 Å². The molecule has 1 atom stereocenters. The number of carbonyl (C=O) groups excluding carboxylic acids is 1. The Kier molecular flexibility index (Phi) is 11.2. The lowest BCUT2D eigenvalue weighted by atomic mass is 9.90. The normalized spacial score (nSPS) is 20.8. The first-order valence-electron chi connectivity index (χ1n) is 14.6. The van der Waals surface area contributed by atoms with E-state index >= 15 is 0 Å². The summed E-state index contributed by atoms with van der Waals surface area (Å²) in [6.45, 7) is 18.2. The molecule has 0 saturated carbocycles. The third-order valence-electron chi connectivity index (χ3n) is 7.31. The van der Waals surface area contributed by atoms with E-state index in [1.807, 2.05) is 37.8 Å². The monoisotopic (exact) mass is 546 g/mol. The number of hydrogen-bond acceptors (Lipinski definition) is 3. The maximum Gasteiger partial charge on any atom is 0.410 e. The fourth-order valence-electron chi connectivity index (χ4n) is 5.38. The molecule has 0 spiro atoms. The summed E-state index contributed by atoms with van der Waals surface area (Å²) in [6, 6.07) is 6.93. The van der Waals surface area contributed by atoms with Gasteiger partial charge >= 0.3 is 6.09 Å². The highest BCUT2D eigenvalue weighted by atomic mass is 19.1. The number of piperazine rings is 1. The minimum atomic E-state index is -0.518. The molecule has 3 rings (SSSR count). The molecule has 0 N–H and O–H groups in total. The molecule has 1 aliphatic heterocycles. The Balaban J connectivity index is 1.99. The summed E-state index contributed by atoms with van der Waals surface area (Å²) in [5, 5.41) is 0. The van der Waals surface area contributed by atoms with Gasteiger partial charge in [-0.15, -0.1) is 0 Å². The average Bonchev–Trinajstić information content (AvgIpc) is 3.07. The number of rotatable bonds is 8. The summed E-state index contributed by atoms with van der Waals surface area (Å²) in [6.07, 6.45) is 17.7. The third kappa shape index (κ3) is 8.58. The molecule has 1 saturated heterocycles. The van der Waals surface area contributed by atoms with E-state index in [0.29, 0.717) is 19.5 Å². The van der Waals surface area contributed by atoms with Crippen LogP contribution in [0.4, 0.5) is 9.18 Å². The Morgan fingerprint density at radius 3 is 2.62 bits per heavy atom. The van der Waals surface area contributed by atoms with Crippen LogP contribution in [0.15, 0.2) is 89.7 Å². The van der Waals surface area contributed by atoms with E-state index in [1.165, 1.54) is 36.6 Å². The van der Waals surface area contributed by atoms with Crippen molar-refractivity contribution in [1.29, 1.82) is 0 Å². The fraction of sp³-hybridized carbons (Fsp3) is 0.457. The topological polar surface area (TPSA) is 32.8 Å². The van der Waals surface area contributed by atoms with Gasteiger partial charge in [-0.2, -0.15) is 0 Å².